The van der Waals surface area contributed by atoms with Crippen LogP contribution in [0.1, 0.15) is 22.8 Å². The van der Waals surface area contributed by atoms with Crippen LogP contribution in [-0.4, -0.2) is 42.6 Å². The van der Waals surface area contributed by atoms with Crippen LogP contribution in [0.3, 0.4) is 0 Å². The SMILES string of the molecule is COCC1(C)C=C(Oc2ccc(=O)[nH]n2)c2cc(C(=O)OC)ccc2O1. The number of ether oxygens (including phenoxy) is 4. The molecule has 0 bridgehead atoms. The number of rotatable bonds is 5. The Morgan fingerprint density at radius 1 is 1.27 bits per heavy atom. The molecule has 0 saturated heterocycles. The lowest BCUT2D eigenvalue weighted by Gasteiger charge is -2.33. The summed E-state index contributed by atoms with van der Waals surface area (Å²) in [5, 5.41) is 6.16. The summed E-state index contributed by atoms with van der Waals surface area (Å²) in [6.07, 6.45) is 1.74. The summed E-state index contributed by atoms with van der Waals surface area (Å²) in [5.41, 5.74) is -0.189. The van der Waals surface area contributed by atoms with E-state index in [-0.39, 0.29) is 18.0 Å². The maximum absolute atomic E-state index is 11.8. The van der Waals surface area contributed by atoms with Crippen LogP contribution >= 0.6 is 0 Å². The summed E-state index contributed by atoms with van der Waals surface area (Å²) in [6, 6.07) is 7.66. The van der Waals surface area contributed by atoms with Gasteiger partial charge in [0.25, 0.3) is 5.56 Å². The molecule has 136 valence electrons. The fraction of sp³-hybridized carbons (Fsp3) is 0.278. The average molecular weight is 358 g/mol. The van der Waals surface area contributed by atoms with E-state index in [0.29, 0.717) is 22.6 Å². The molecule has 1 atom stereocenters. The summed E-state index contributed by atoms with van der Waals surface area (Å²) in [4.78, 5) is 23.0. The molecule has 0 amide bonds. The fourth-order valence-electron chi connectivity index (χ4n) is 2.64. The van der Waals surface area contributed by atoms with Gasteiger partial charge < -0.3 is 18.9 Å². The van der Waals surface area contributed by atoms with Crippen LogP contribution < -0.4 is 15.0 Å². The molecule has 26 heavy (non-hydrogen) atoms. The van der Waals surface area contributed by atoms with Crippen molar-refractivity contribution in [3.05, 3.63) is 57.9 Å². The molecule has 1 unspecified atom stereocenters. The Morgan fingerprint density at radius 2 is 2.08 bits per heavy atom. The second-order valence-corrected chi connectivity index (χ2v) is 5.92. The van der Waals surface area contributed by atoms with Crippen molar-refractivity contribution in [2.24, 2.45) is 0 Å². The Bertz CT molecular complexity index is 900. The molecule has 8 nitrogen and oxygen atoms in total. The molecule has 1 aliphatic heterocycles. The second-order valence-electron chi connectivity index (χ2n) is 5.92. The quantitative estimate of drug-likeness (QED) is 0.813. The van der Waals surface area contributed by atoms with Crippen LogP contribution in [0.4, 0.5) is 0 Å². The molecule has 0 aliphatic carbocycles. The Balaban J connectivity index is 2.05. The van der Waals surface area contributed by atoms with Gasteiger partial charge in [0.1, 0.15) is 11.5 Å². The molecule has 1 aliphatic rings. The van der Waals surface area contributed by atoms with Crippen LogP contribution in [-0.2, 0) is 9.47 Å². The van der Waals surface area contributed by atoms with E-state index < -0.39 is 11.6 Å². The van der Waals surface area contributed by atoms with Gasteiger partial charge in [-0.2, -0.15) is 0 Å². The highest BCUT2D eigenvalue weighted by Gasteiger charge is 2.33. The van der Waals surface area contributed by atoms with E-state index in [9.17, 15) is 9.59 Å². The van der Waals surface area contributed by atoms with Gasteiger partial charge in [0, 0.05) is 25.3 Å². The van der Waals surface area contributed by atoms with Crippen LogP contribution in [0.2, 0.25) is 0 Å². The summed E-state index contributed by atoms with van der Waals surface area (Å²) in [5.74, 6) is 0.682. The Hall–Kier alpha value is -3.13. The summed E-state index contributed by atoms with van der Waals surface area (Å²) < 4.78 is 21.8. The van der Waals surface area contributed by atoms with Crippen molar-refractivity contribution in [1.29, 1.82) is 0 Å². The van der Waals surface area contributed by atoms with Crippen molar-refractivity contribution in [3.63, 3.8) is 0 Å². The normalized spacial score (nSPS) is 18.3. The first-order chi connectivity index (χ1) is 12.4. The Morgan fingerprint density at radius 3 is 2.73 bits per heavy atom. The number of benzene rings is 1. The third-order valence-electron chi connectivity index (χ3n) is 3.74. The fourth-order valence-corrected chi connectivity index (χ4v) is 2.64. The number of nitrogens with one attached hydrogen (secondary N) is 1. The Kier molecular flexibility index (Phi) is 4.77. The van der Waals surface area contributed by atoms with Crippen molar-refractivity contribution in [3.8, 4) is 11.6 Å². The molecule has 1 aromatic heterocycles. The van der Waals surface area contributed by atoms with Gasteiger partial charge in [-0.25, -0.2) is 9.89 Å². The molecule has 1 aromatic carbocycles. The number of H-pyrrole nitrogens is 1. The van der Waals surface area contributed by atoms with Gasteiger partial charge in [-0.1, -0.05) is 0 Å². The molecular formula is C18H18N2O6. The largest absolute Gasteiger partial charge is 0.480 e. The molecule has 0 radical (unpaired) electrons. The molecule has 0 fully saturated rings. The van der Waals surface area contributed by atoms with Gasteiger partial charge in [-0.05, 0) is 25.1 Å². The van der Waals surface area contributed by atoms with E-state index in [1.165, 1.54) is 19.2 Å². The minimum Gasteiger partial charge on any atom is -0.480 e. The standard InChI is InChI=1S/C18H18N2O6/c1-18(10-23-2)9-14(25-16-7-6-15(21)19-20-16)12-8-11(17(22)24-3)4-5-13(12)26-18/h4-9H,10H2,1-3H3,(H,19,21). The predicted octanol–water partition coefficient (Wildman–Crippen LogP) is 1.77. The van der Waals surface area contributed by atoms with Gasteiger partial charge in [0.15, 0.2) is 5.60 Å². The number of carbonyl (C=O) groups excluding carboxylic acids is 1. The lowest BCUT2D eigenvalue weighted by atomic mass is 9.98. The molecule has 0 saturated carbocycles. The lowest BCUT2D eigenvalue weighted by Crippen LogP contribution is -2.38. The number of hydrogen-bond acceptors (Lipinski definition) is 7. The summed E-state index contributed by atoms with van der Waals surface area (Å²) >= 11 is 0. The maximum Gasteiger partial charge on any atom is 0.337 e. The molecule has 1 N–H and O–H groups in total. The van der Waals surface area contributed by atoms with Gasteiger partial charge in [0.2, 0.25) is 5.88 Å². The van der Waals surface area contributed by atoms with Crippen LogP contribution in [0, 0.1) is 0 Å². The number of aromatic amines is 1. The molecular weight excluding hydrogens is 340 g/mol. The summed E-state index contributed by atoms with van der Waals surface area (Å²) in [6.45, 7) is 2.13. The van der Waals surface area contributed by atoms with Gasteiger partial charge in [-0.3, -0.25) is 4.79 Å². The zero-order valence-electron chi connectivity index (χ0n) is 14.6. The number of hydrogen-bond donors (Lipinski definition) is 1. The third kappa shape index (κ3) is 3.60. The number of fused-ring (bicyclic) bond motifs is 1. The second kappa shape index (κ2) is 7.01. The Labute approximate surface area is 149 Å². The molecule has 8 heteroatoms. The van der Waals surface area contributed by atoms with Crippen molar-refractivity contribution in [1.82, 2.24) is 10.2 Å². The highest BCUT2D eigenvalue weighted by atomic mass is 16.5. The minimum atomic E-state index is -0.772. The highest BCUT2D eigenvalue weighted by Crippen LogP contribution is 2.37. The van der Waals surface area contributed by atoms with Gasteiger partial charge in [0.05, 0.1) is 24.8 Å². The van der Waals surface area contributed by atoms with Crippen molar-refractivity contribution in [2.75, 3.05) is 20.8 Å². The smallest absolute Gasteiger partial charge is 0.337 e. The van der Waals surface area contributed by atoms with Crippen molar-refractivity contribution in [2.45, 2.75) is 12.5 Å². The zero-order valence-corrected chi connectivity index (χ0v) is 14.6. The van der Waals surface area contributed by atoms with E-state index in [4.69, 9.17) is 18.9 Å². The van der Waals surface area contributed by atoms with E-state index >= 15 is 0 Å². The number of esters is 1. The first kappa shape index (κ1) is 17.7. The number of nitrogens with zero attached hydrogens (tertiary/aromatic N) is 1. The van der Waals surface area contributed by atoms with Crippen LogP contribution in [0.5, 0.6) is 11.6 Å². The monoisotopic (exact) mass is 358 g/mol. The number of carbonyl (C=O) groups is 1. The van der Waals surface area contributed by atoms with Gasteiger partial charge >= 0.3 is 5.97 Å². The van der Waals surface area contributed by atoms with Gasteiger partial charge in [-0.15, -0.1) is 5.10 Å². The van der Waals surface area contributed by atoms with E-state index in [1.54, 1.807) is 31.4 Å². The number of methoxy groups -OCH3 is 2. The van der Waals surface area contributed by atoms with E-state index in [2.05, 4.69) is 10.2 Å². The zero-order chi connectivity index (χ0) is 18.7. The maximum atomic E-state index is 11.8. The van der Waals surface area contributed by atoms with Crippen LogP contribution in [0.25, 0.3) is 5.76 Å². The minimum absolute atomic E-state index is 0.201. The first-order valence-corrected chi connectivity index (χ1v) is 7.81. The van der Waals surface area contributed by atoms with Crippen molar-refractivity contribution >= 4 is 11.7 Å². The summed E-state index contributed by atoms with van der Waals surface area (Å²) in [7, 11) is 2.88. The lowest BCUT2D eigenvalue weighted by molar-refractivity contribution is 0.0358. The predicted molar refractivity (Wildman–Crippen MR) is 92.2 cm³/mol. The topological polar surface area (TPSA) is 99.7 Å². The molecule has 0 spiro atoms. The van der Waals surface area contributed by atoms with E-state index in [1.807, 2.05) is 6.92 Å². The third-order valence-corrected chi connectivity index (χ3v) is 3.74. The molecule has 2 heterocycles. The number of aromatic nitrogens is 2. The first-order valence-electron chi connectivity index (χ1n) is 7.81. The molecule has 3 rings (SSSR count). The molecule has 2 aromatic rings. The average Bonchev–Trinajstić information content (AvgIpc) is 2.62. The highest BCUT2D eigenvalue weighted by molar-refractivity contribution is 5.91. The van der Waals surface area contributed by atoms with E-state index in [0.717, 1.165) is 0 Å². The van der Waals surface area contributed by atoms with Crippen LogP contribution in [0.15, 0.2) is 41.2 Å². The van der Waals surface area contributed by atoms with Crippen molar-refractivity contribution < 1.29 is 23.7 Å².